The van der Waals surface area contributed by atoms with Gasteiger partial charge in [0.25, 0.3) is 0 Å². The zero-order chi connectivity index (χ0) is 12.3. The average molecular weight is 257 g/mol. The molecule has 0 amide bonds. The summed E-state index contributed by atoms with van der Waals surface area (Å²) in [6, 6.07) is 0.286. The Balaban J connectivity index is 1.87. The zero-order valence-electron chi connectivity index (χ0n) is 10.5. The highest BCUT2D eigenvalue weighted by Gasteiger charge is 2.42. The fraction of sp³-hybridized carbons (Fsp3) is 0.818. The molecule has 2 rings (SSSR count). The number of ether oxygens (including phenoxy) is 2. The maximum absolute atomic E-state index is 5.58. The molecule has 5 nitrogen and oxygen atoms in total. The molecule has 1 aromatic heterocycles. The van der Waals surface area contributed by atoms with Gasteiger partial charge in [-0.3, -0.25) is 0 Å². The molecule has 0 aromatic carbocycles. The third kappa shape index (κ3) is 2.75. The lowest BCUT2D eigenvalue weighted by molar-refractivity contribution is -0.118. The Morgan fingerprint density at radius 3 is 2.88 bits per heavy atom. The van der Waals surface area contributed by atoms with Crippen LogP contribution in [0.15, 0.2) is 0 Å². The van der Waals surface area contributed by atoms with Crippen molar-refractivity contribution in [3.63, 3.8) is 0 Å². The van der Waals surface area contributed by atoms with Crippen molar-refractivity contribution in [2.24, 2.45) is 0 Å². The monoisotopic (exact) mass is 257 g/mol. The molecule has 1 aromatic rings. The molecule has 0 saturated heterocycles. The van der Waals surface area contributed by atoms with Crippen LogP contribution in [-0.2, 0) is 15.9 Å². The number of hydrogen-bond donors (Lipinski definition) is 1. The fourth-order valence-electron chi connectivity index (χ4n) is 2.03. The van der Waals surface area contributed by atoms with E-state index in [0.29, 0.717) is 0 Å². The van der Waals surface area contributed by atoms with Crippen LogP contribution in [0.2, 0.25) is 0 Å². The Bertz CT molecular complexity index is 358. The fourth-order valence-corrected chi connectivity index (χ4v) is 2.74. The normalized spacial score (nSPS) is 27.8. The van der Waals surface area contributed by atoms with E-state index in [1.807, 2.05) is 6.92 Å². The van der Waals surface area contributed by atoms with Crippen molar-refractivity contribution in [1.82, 2.24) is 9.36 Å². The van der Waals surface area contributed by atoms with Gasteiger partial charge in [-0.15, -0.1) is 0 Å². The number of rotatable bonds is 6. The first-order chi connectivity index (χ1) is 8.28. The Morgan fingerprint density at radius 1 is 1.47 bits per heavy atom. The highest BCUT2D eigenvalue weighted by atomic mass is 32.1. The van der Waals surface area contributed by atoms with Gasteiger partial charge in [0.05, 0.1) is 12.1 Å². The largest absolute Gasteiger partial charge is 0.377 e. The highest BCUT2D eigenvalue weighted by molar-refractivity contribution is 7.09. The predicted molar refractivity (Wildman–Crippen MR) is 67.5 cm³/mol. The molecule has 17 heavy (non-hydrogen) atoms. The van der Waals surface area contributed by atoms with Gasteiger partial charge in [0, 0.05) is 31.7 Å². The molecule has 6 heteroatoms. The van der Waals surface area contributed by atoms with Crippen LogP contribution in [0.4, 0.5) is 5.13 Å². The topological polar surface area (TPSA) is 56.3 Å². The van der Waals surface area contributed by atoms with Crippen molar-refractivity contribution in [3.05, 3.63) is 5.82 Å². The molecular weight excluding hydrogens is 238 g/mol. The Morgan fingerprint density at radius 2 is 2.29 bits per heavy atom. The molecule has 0 bridgehead atoms. The third-order valence-electron chi connectivity index (χ3n) is 3.00. The number of hydrogen-bond acceptors (Lipinski definition) is 6. The van der Waals surface area contributed by atoms with Gasteiger partial charge in [-0.2, -0.15) is 4.37 Å². The van der Waals surface area contributed by atoms with Crippen LogP contribution in [0, 0.1) is 0 Å². The van der Waals surface area contributed by atoms with E-state index < -0.39 is 0 Å². The van der Waals surface area contributed by atoms with Gasteiger partial charge >= 0.3 is 0 Å². The summed E-state index contributed by atoms with van der Waals surface area (Å²) in [7, 11) is 1.72. The van der Waals surface area contributed by atoms with Gasteiger partial charge in [0.1, 0.15) is 11.9 Å². The number of aryl methyl sites for hydroxylation is 1. The molecule has 0 aliphatic heterocycles. The van der Waals surface area contributed by atoms with Crippen LogP contribution in [0.1, 0.15) is 26.1 Å². The van der Waals surface area contributed by atoms with Gasteiger partial charge in [-0.05, 0) is 13.3 Å². The van der Waals surface area contributed by atoms with Crippen LogP contribution >= 0.6 is 11.5 Å². The molecule has 0 spiro atoms. The van der Waals surface area contributed by atoms with E-state index in [9.17, 15) is 0 Å². The molecular formula is C11H19N3O2S. The smallest absolute Gasteiger partial charge is 0.202 e. The van der Waals surface area contributed by atoms with Crippen molar-refractivity contribution >= 4 is 16.7 Å². The van der Waals surface area contributed by atoms with Crippen LogP contribution in [-0.4, -0.2) is 41.3 Å². The molecule has 96 valence electrons. The first-order valence-electron chi connectivity index (χ1n) is 6.02. The predicted octanol–water partition coefficient (Wildman–Crippen LogP) is 1.70. The molecule has 1 N–H and O–H groups in total. The second kappa shape index (κ2) is 5.75. The van der Waals surface area contributed by atoms with Gasteiger partial charge in [-0.1, -0.05) is 6.92 Å². The summed E-state index contributed by atoms with van der Waals surface area (Å²) >= 11 is 1.41. The minimum absolute atomic E-state index is 0.115. The second-order valence-electron chi connectivity index (χ2n) is 4.05. The number of nitrogens with one attached hydrogen (secondary N) is 1. The van der Waals surface area contributed by atoms with Crippen LogP contribution in [0.3, 0.4) is 0 Å². The summed E-state index contributed by atoms with van der Waals surface area (Å²) in [5.41, 5.74) is 0. The number of methoxy groups -OCH3 is 1. The standard InChI is InChI=1S/C11H19N3O2S/c1-4-9-13-11(17-14-9)12-7-6-8(16-5-2)10(7)15-3/h7-8,10H,4-6H2,1-3H3,(H,12,13,14)/t7-,8+,10+/m0/s1. The van der Waals surface area contributed by atoms with E-state index in [1.54, 1.807) is 7.11 Å². The summed E-state index contributed by atoms with van der Waals surface area (Å²) in [5.74, 6) is 0.896. The lowest BCUT2D eigenvalue weighted by atomic mass is 9.85. The number of anilines is 1. The molecule has 1 aliphatic carbocycles. The Labute approximate surface area is 106 Å². The highest BCUT2D eigenvalue weighted by Crippen LogP contribution is 2.30. The quantitative estimate of drug-likeness (QED) is 0.840. The van der Waals surface area contributed by atoms with Crippen molar-refractivity contribution in [2.75, 3.05) is 19.0 Å². The molecule has 1 saturated carbocycles. The number of nitrogens with zero attached hydrogens (tertiary/aromatic N) is 2. The van der Waals surface area contributed by atoms with E-state index >= 15 is 0 Å². The SMILES string of the molecule is CCO[C@@H]1C[C@H](Nc2nc(CC)ns2)[C@H]1OC. The molecule has 0 unspecified atom stereocenters. The first kappa shape index (κ1) is 12.7. The molecule has 1 heterocycles. The van der Waals surface area contributed by atoms with Crippen molar-refractivity contribution in [1.29, 1.82) is 0 Å². The molecule has 1 fully saturated rings. The molecule has 0 radical (unpaired) electrons. The summed E-state index contributed by atoms with van der Waals surface area (Å²) in [6.07, 6.45) is 2.16. The lowest BCUT2D eigenvalue weighted by Crippen LogP contribution is -2.56. The van der Waals surface area contributed by atoms with Gasteiger partial charge in [-0.25, -0.2) is 4.98 Å². The van der Waals surface area contributed by atoms with Crippen LogP contribution < -0.4 is 5.32 Å². The van der Waals surface area contributed by atoms with Crippen LogP contribution in [0.5, 0.6) is 0 Å². The van der Waals surface area contributed by atoms with E-state index in [0.717, 1.165) is 30.4 Å². The zero-order valence-corrected chi connectivity index (χ0v) is 11.3. The van der Waals surface area contributed by atoms with Gasteiger partial charge < -0.3 is 14.8 Å². The van der Waals surface area contributed by atoms with E-state index in [-0.39, 0.29) is 18.2 Å². The average Bonchev–Trinajstić information content (AvgIpc) is 2.76. The molecule has 1 aliphatic rings. The third-order valence-corrected chi connectivity index (χ3v) is 3.68. The lowest BCUT2D eigenvalue weighted by Gasteiger charge is -2.43. The van der Waals surface area contributed by atoms with Crippen LogP contribution in [0.25, 0.3) is 0 Å². The van der Waals surface area contributed by atoms with Crippen molar-refractivity contribution in [3.8, 4) is 0 Å². The number of aromatic nitrogens is 2. The van der Waals surface area contributed by atoms with E-state index in [4.69, 9.17) is 9.47 Å². The maximum Gasteiger partial charge on any atom is 0.202 e. The summed E-state index contributed by atoms with van der Waals surface area (Å²) in [4.78, 5) is 4.39. The maximum atomic E-state index is 5.58. The first-order valence-corrected chi connectivity index (χ1v) is 6.79. The minimum Gasteiger partial charge on any atom is -0.377 e. The Hall–Kier alpha value is -0.720. The molecule has 3 atom stereocenters. The second-order valence-corrected chi connectivity index (χ2v) is 4.80. The van der Waals surface area contributed by atoms with E-state index in [2.05, 4.69) is 21.6 Å². The van der Waals surface area contributed by atoms with Crippen molar-refractivity contribution in [2.45, 2.75) is 44.9 Å². The van der Waals surface area contributed by atoms with Crippen molar-refractivity contribution < 1.29 is 9.47 Å². The van der Waals surface area contributed by atoms with E-state index in [1.165, 1.54) is 11.5 Å². The van der Waals surface area contributed by atoms with Gasteiger partial charge in [0.2, 0.25) is 5.13 Å². The minimum atomic E-state index is 0.115. The van der Waals surface area contributed by atoms with Gasteiger partial charge in [0.15, 0.2) is 0 Å². The Kier molecular flexibility index (Phi) is 4.31. The summed E-state index contributed by atoms with van der Waals surface area (Å²) < 4.78 is 15.3. The summed E-state index contributed by atoms with van der Waals surface area (Å²) in [5, 5.41) is 4.24. The summed E-state index contributed by atoms with van der Waals surface area (Å²) in [6.45, 7) is 4.79.